The highest BCUT2D eigenvalue weighted by atomic mass is 16.5. The van der Waals surface area contributed by atoms with Crippen LogP contribution >= 0.6 is 0 Å². The molecule has 2 nitrogen and oxygen atoms in total. The van der Waals surface area contributed by atoms with Gasteiger partial charge in [-0.1, -0.05) is 37.3 Å². The number of ether oxygens (including phenoxy) is 1. The summed E-state index contributed by atoms with van der Waals surface area (Å²) in [5.74, 6) is 1.30. The standard InChI is InChI=1S/C16H18O2/c1-3-14(12-7-5-4-6-8-12)15-11-13(18-2)9-10-16(15)17/h4-11,14,17H,3H2,1-2H3. The fourth-order valence-corrected chi connectivity index (χ4v) is 2.26. The molecule has 94 valence electrons. The van der Waals surface area contributed by atoms with Crippen molar-refractivity contribution in [2.24, 2.45) is 0 Å². The van der Waals surface area contributed by atoms with Crippen LogP contribution in [0.3, 0.4) is 0 Å². The van der Waals surface area contributed by atoms with E-state index >= 15 is 0 Å². The lowest BCUT2D eigenvalue weighted by molar-refractivity contribution is 0.410. The third-order valence-electron chi connectivity index (χ3n) is 3.22. The first-order valence-corrected chi connectivity index (χ1v) is 6.18. The summed E-state index contributed by atoms with van der Waals surface area (Å²) in [4.78, 5) is 0. The van der Waals surface area contributed by atoms with E-state index < -0.39 is 0 Å². The average Bonchev–Trinajstić information content (AvgIpc) is 2.43. The molecule has 0 saturated heterocycles. The number of aromatic hydroxyl groups is 1. The van der Waals surface area contributed by atoms with Crippen LogP contribution in [0.15, 0.2) is 48.5 Å². The zero-order valence-electron chi connectivity index (χ0n) is 10.8. The molecule has 18 heavy (non-hydrogen) atoms. The molecule has 1 unspecified atom stereocenters. The Hall–Kier alpha value is -1.96. The van der Waals surface area contributed by atoms with E-state index in [9.17, 15) is 5.11 Å². The van der Waals surface area contributed by atoms with Gasteiger partial charge >= 0.3 is 0 Å². The van der Waals surface area contributed by atoms with Gasteiger partial charge in [-0.15, -0.1) is 0 Å². The molecule has 0 bridgehead atoms. The molecule has 0 amide bonds. The summed E-state index contributed by atoms with van der Waals surface area (Å²) in [7, 11) is 1.64. The van der Waals surface area contributed by atoms with Crippen LogP contribution in [0.25, 0.3) is 0 Å². The Morgan fingerprint density at radius 2 is 1.83 bits per heavy atom. The third kappa shape index (κ3) is 2.48. The van der Waals surface area contributed by atoms with Gasteiger partial charge in [0.1, 0.15) is 11.5 Å². The maximum Gasteiger partial charge on any atom is 0.119 e. The van der Waals surface area contributed by atoms with Gasteiger partial charge in [-0.3, -0.25) is 0 Å². The Kier molecular flexibility index (Phi) is 3.88. The number of hydrogen-bond acceptors (Lipinski definition) is 2. The number of benzene rings is 2. The SMILES string of the molecule is CCC(c1ccccc1)c1cc(OC)ccc1O. The predicted molar refractivity (Wildman–Crippen MR) is 73.2 cm³/mol. The Balaban J connectivity index is 2.44. The maximum absolute atomic E-state index is 10.0. The number of phenols is 1. The molecule has 1 N–H and O–H groups in total. The molecule has 0 saturated carbocycles. The number of phenolic OH excluding ortho intramolecular Hbond substituents is 1. The zero-order chi connectivity index (χ0) is 13.0. The van der Waals surface area contributed by atoms with E-state index in [0.29, 0.717) is 5.75 Å². The van der Waals surface area contributed by atoms with Crippen molar-refractivity contribution in [3.05, 3.63) is 59.7 Å². The molecule has 0 radical (unpaired) electrons. The number of rotatable bonds is 4. The lowest BCUT2D eigenvalue weighted by atomic mass is 9.88. The number of hydrogen-bond donors (Lipinski definition) is 1. The molecule has 0 heterocycles. The van der Waals surface area contributed by atoms with Gasteiger partial charge in [0.25, 0.3) is 0 Å². The monoisotopic (exact) mass is 242 g/mol. The van der Waals surface area contributed by atoms with Gasteiger partial charge < -0.3 is 9.84 Å². The lowest BCUT2D eigenvalue weighted by Crippen LogP contribution is -2.00. The molecule has 0 spiro atoms. The molecule has 2 aromatic carbocycles. The minimum Gasteiger partial charge on any atom is -0.508 e. The van der Waals surface area contributed by atoms with E-state index in [2.05, 4.69) is 19.1 Å². The highest BCUT2D eigenvalue weighted by Gasteiger charge is 2.16. The molecule has 2 heteroatoms. The van der Waals surface area contributed by atoms with Crippen LogP contribution in [-0.4, -0.2) is 12.2 Å². The summed E-state index contributed by atoms with van der Waals surface area (Å²) in [6.45, 7) is 2.12. The van der Waals surface area contributed by atoms with Gasteiger partial charge in [-0.2, -0.15) is 0 Å². The van der Waals surface area contributed by atoms with E-state index in [4.69, 9.17) is 4.74 Å². The Labute approximate surface area is 108 Å². The van der Waals surface area contributed by atoms with Gasteiger partial charge in [0, 0.05) is 11.5 Å². The van der Waals surface area contributed by atoms with Crippen molar-refractivity contribution in [3.8, 4) is 11.5 Å². The lowest BCUT2D eigenvalue weighted by Gasteiger charge is -2.18. The Morgan fingerprint density at radius 1 is 1.11 bits per heavy atom. The second-order valence-electron chi connectivity index (χ2n) is 4.30. The quantitative estimate of drug-likeness (QED) is 0.879. The minimum atomic E-state index is 0.196. The van der Waals surface area contributed by atoms with Crippen molar-refractivity contribution in [3.63, 3.8) is 0 Å². The summed E-state index contributed by atoms with van der Waals surface area (Å²) in [5.41, 5.74) is 2.13. The molecular weight excluding hydrogens is 224 g/mol. The molecule has 0 aliphatic heterocycles. The smallest absolute Gasteiger partial charge is 0.119 e. The van der Waals surface area contributed by atoms with Crippen molar-refractivity contribution < 1.29 is 9.84 Å². The van der Waals surface area contributed by atoms with Gasteiger partial charge in [-0.25, -0.2) is 0 Å². The average molecular weight is 242 g/mol. The zero-order valence-corrected chi connectivity index (χ0v) is 10.8. The van der Waals surface area contributed by atoms with Crippen molar-refractivity contribution in [2.75, 3.05) is 7.11 Å². The Bertz CT molecular complexity index is 506. The summed E-state index contributed by atoms with van der Waals surface area (Å²) in [5, 5.41) is 10.0. The molecule has 0 aliphatic carbocycles. The summed E-state index contributed by atoms with van der Waals surface area (Å²) < 4.78 is 5.23. The minimum absolute atomic E-state index is 0.196. The second kappa shape index (κ2) is 5.58. The largest absolute Gasteiger partial charge is 0.508 e. The predicted octanol–water partition coefficient (Wildman–Crippen LogP) is 3.94. The first kappa shape index (κ1) is 12.5. The van der Waals surface area contributed by atoms with Crippen LogP contribution in [0.1, 0.15) is 30.4 Å². The van der Waals surface area contributed by atoms with Crippen LogP contribution in [0.4, 0.5) is 0 Å². The van der Waals surface area contributed by atoms with Gasteiger partial charge in [0.05, 0.1) is 7.11 Å². The first-order valence-electron chi connectivity index (χ1n) is 6.18. The van der Waals surface area contributed by atoms with Gasteiger partial charge in [0.15, 0.2) is 0 Å². The molecule has 1 atom stereocenters. The van der Waals surface area contributed by atoms with Crippen LogP contribution < -0.4 is 4.74 Å². The first-order chi connectivity index (χ1) is 8.76. The van der Waals surface area contributed by atoms with E-state index in [1.54, 1.807) is 19.2 Å². The third-order valence-corrected chi connectivity index (χ3v) is 3.22. The molecule has 2 aromatic rings. The van der Waals surface area contributed by atoms with E-state index in [1.165, 1.54) is 5.56 Å². The van der Waals surface area contributed by atoms with E-state index in [-0.39, 0.29) is 5.92 Å². The van der Waals surface area contributed by atoms with Gasteiger partial charge in [-0.05, 0) is 30.2 Å². The fourth-order valence-electron chi connectivity index (χ4n) is 2.26. The molecular formula is C16H18O2. The molecule has 0 fully saturated rings. The molecule has 2 rings (SSSR count). The van der Waals surface area contributed by atoms with Crippen molar-refractivity contribution >= 4 is 0 Å². The Morgan fingerprint density at radius 3 is 2.44 bits per heavy atom. The van der Waals surface area contributed by atoms with Crippen molar-refractivity contribution in [1.82, 2.24) is 0 Å². The van der Waals surface area contributed by atoms with E-state index in [1.807, 2.05) is 24.3 Å². The molecule has 0 aliphatic rings. The van der Waals surface area contributed by atoms with Gasteiger partial charge in [0.2, 0.25) is 0 Å². The van der Waals surface area contributed by atoms with E-state index in [0.717, 1.165) is 17.7 Å². The summed E-state index contributed by atoms with van der Waals surface area (Å²) in [6, 6.07) is 15.6. The normalized spacial score (nSPS) is 12.1. The van der Waals surface area contributed by atoms with Crippen LogP contribution in [0.2, 0.25) is 0 Å². The fraction of sp³-hybridized carbons (Fsp3) is 0.250. The number of methoxy groups -OCH3 is 1. The van der Waals surface area contributed by atoms with Crippen molar-refractivity contribution in [2.45, 2.75) is 19.3 Å². The topological polar surface area (TPSA) is 29.5 Å². The van der Waals surface area contributed by atoms with Crippen LogP contribution in [0, 0.1) is 0 Å². The van der Waals surface area contributed by atoms with Crippen LogP contribution in [-0.2, 0) is 0 Å². The highest BCUT2D eigenvalue weighted by molar-refractivity contribution is 5.45. The summed E-state index contributed by atoms with van der Waals surface area (Å²) in [6.07, 6.45) is 0.935. The highest BCUT2D eigenvalue weighted by Crippen LogP contribution is 2.35. The van der Waals surface area contributed by atoms with Crippen LogP contribution in [0.5, 0.6) is 11.5 Å². The molecule has 0 aromatic heterocycles. The summed E-state index contributed by atoms with van der Waals surface area (Å²) >= 11 is 0. The maximum atomic E-state index is 10.0. The second-order valence-corrected chi connectivity index (χ2v) is 4.30. The van der Waals surface area contributed by atoms with Crippen molar-refractivity contribution in [1.29, 1.82) is 0 Å².